The number of nitrogens with zero attached hydrogens (tertiary/aromatic N) is 3. The first kappa shape index (κ1) is 19.7. The maximum absolute atomic E-state index is 13.1. The molecule has 1 saturated carbocycles. The van der Waals surface area contributed by atoms with Gasteiger partial charge in [0.25, 0.3) is 11.8 Å². The number of hydrogen-bond donors (Lipinski definition) is 0. The monoisotopic (exact) mass is 403 g/mol. The largest absolute Gasteiger partial charge is 0.339 e. The van der Waals surface area contributed by atoms with Gasteiger partial charge in [0.2, 0.25) is 0 Å². The summed E-state index contributed by atoms with van der Waals surface area (Å²) in [5.41, 5.74) is 2.60. The van der Waals surface area contributed by atoms with E-state index in [-0.39, 0.29) is 24.2 Å². The molecule has 0 unspecified atom stereocenters. The molecule has 4 aliphatic rings. The van der Waals surface area contributed by atoms with Crippen molar-refractivity contribution in [3.8, 4) is 0 Å². The minimum absolute atomic E-state index is 0. The van der Waals surface area contributed by atoms with Crippen molar-refractivity contribution >= 4 is 24.2 Å². The van der Waals surface area contributed by atoms with Gasteiger partial charge in [0.05, 0.1) is 0 Å². The Kier molecular flexibility index (Phi) is 5.66. The van der Waals surface area contributed by atoms with E-state index in [1.165, 1.54) is 19.3 Å². The fourth-order valence-corrected chi connectivity index (χ4v) is 5.20. The normalized spacial score (nSPS) is 25.4. The van der Waals surface area contributed by atoms with Gasteiger partial charge in [-0.25, -0.2) is 0 Å². The third-order valence-corrected chi connectivity index (χ3v) is 7.09. The van der Waals surface area contributed by atoms with Crippen molar-refractivity contribution in [2.75, 3.05) is 32.7 Å². The van der Waals surface area contributed by atoms with Gasteiger partial charge in [0.15, 0.2) is 0 Å². The molecule has 1 aromatic carbocycles. The van der Waals surface area contributed by atoms with Crippen molar-refractivity contribution in [2.45, 2.75) is 57.0 Å². The molecular weight excluding hydrogens is 374 g/mol. The number of benzene rings is 1. The summed E-state index contributed by atoms with van der Waals surface area (Å²) >= 11 is 0. The van der Waals surface area contributed by atoms with Crippen molar-refractivity contribution < 1.29 is 9.59 Å². The van der Waals surface area contributed by atoms with E-state index < -0.39 is 0 Å². The molecule has 3 fully saturated rings. The first-order valence-corrected chi connectivity index (χ1v) is 10.7. The van der Waals surface area contributed by atoms with E-state index in [1.807, 2.05) is 23.1 Å². The van der Waals surface area contributed by atoms with Crippen LogP contribution in [-0.2, 0) is 6.42 Å². The van der Waals surface area contributed by atoms with Crippen LogP contribution in [0.25, 0.3) is 0 Å². The molecule has 1 aromatic rings. The van der Waals surface area contributed by atoms with Gasteiger partial charge in [-0.2, -0.15) is 0 Å². The molecule has 0 aromatic heterocycles. The lowest BCUT2D eigenvalue weighted by Gasteiger charge is -2.37. The Morgan fingerprint density at radius 1 is 0.929 bits per heavy atom. The molecule has 6 heteroatoms. The lowest BCUT2D eigenvalue weighted by Crippen LogP contribution is -2.47. The van der Waals surface area contributed by atoms with Crippen LogP contribution in [0.5, 0.6) is 0 Å². The Morgan fingerprint density at radius 2 is 1.71 bits per heavy atom. The van der Waals surface area contributed by atoms with Gasteiger partial charge < -0.3 is 9.80 Å². The number of carbonyl (C=O) groups is 2. The molecule has 28 heavy (non-hydrogen) atoms. The van der Waals surface area contributed by atoms with E-state index in [0.29, 0.717) is 6.04 Å². The molecule has 2 saturated heterocycles. The smallest absolute Gasteiger partial charge is 0.254 e. The standard InChI is InChI=1S/C22H29N3O2.ClH/c26-21(23-10-1-2-11-23)17-6-7-20-16(14-17)8-13-25(22(20)27)19-9-12-24(15-19)18-4-3-5-18;/h6-7,14,18-19H,1-5,8-13,15H2;1H/t19-;/m1./s1. The highest BCUT2D eigenvalue weighted by molar-refractivity contribution is 6.00. The quantitative estimate of drug-likeness (QED) is 0.779. The molecule has 0 bridgehead atoms. The Balaban J connectivity index is 0.00000192. The molecule has 3 aliphatic heterocycles. The lowest BCUT2D eigenvalue weighted by atomic mass is 9.92. The van der Waals surface area contributed by atoms with Gasteiger partial charge in [-0.1, -0.05) is 6.42 Å². The second-order valence-corrected chi connectivity index (χ2v) is 8.64. The number of amides is 2. The molecular formula is C22H30ClN3O2. The van der Waals surface area contributed by atoms with Crippen molar-refractivity contribution in [1.29, 1.82) is 0 Å². The fourth-order valence-electron chi connectivity index (χ4n) is 5.20. The number of carbonyl (C=O) groups excluding carboxylic acids is 2. The number of rotatable bonds is 3. The first-order chi connectivity index (χ1) is 13.2. The molecule has 2 amide bonds. The van der Waals surface area contributed by atoms with Crippen LogP contribution >= 0.6 is 12.4 Å². The van der Waals surface area contributed by atoms with E-state index in [9.17, 15) is 9.59 Å². The highest BCUT2D eigenvalue weighted by atomic mass is 35.5. The summed E-state index contributed by atoms with van der Waals surface area (Å²) in [7, 11) is 0. The number of hydrogen-bond acceptors (Lipinski definition) is 3. The van der Waals surface area contributed by atoms with Crippen LogP contribution in [0.2, 0.25) is 0 Å². The van der Waals surface area contributed by atoms with Crippen LogP contribution in [0.1, 0.15) is 64.8 Å². The summed E-state index contributed by atoms with van der Waals surface area (Å²) in [6, 6.07) is 6.85. The van der Waals surface area contributed by atoms with E-state index in [4.69, 9.17) is 0 Å². The van der Waals surface area contributed by atoms with Crippen LogP contribution in [-0.4, -0.2) is 71.3 Å². The van der Waals surface area contributed by atoms with E-state index >= 15 is 0 Å². The van der Waals surface area contributed by atoms with Crippen molar-refractivity contribution in [3.05, 3.63) is 34.9 Å². The number of fused-ring (bicyclic) bond motifs is 1. The summed E-state index contributed by atoms with van der Waals surface area (Å²) in [4.78, 5) is 32.4. The Bertz CT molecular complexity index is 758. The van der Waals surface area contributed by atoms with Gasteiger partial charge in [-0.05, 0) is 62.3 Å². The van der Waals surface area contributed by atoms with Crippen LogP contribution in [0.3, 0.4) is 0 Å². The number of likely N-dealkylation sites (tertiary alicyclic amines) is 2. The molecule has 1 aliphatic carbocycles. The highest BCUT2D eigenvalue weighted by Crippen LogP contribution is 2.31. The van der Waals surface area contributed by atoms with Gasteiger partial charge in [0.1, 0.15) is 0 Å². The lowest BCUT2D eigenvalue weighted by molar-refractivity contribution is 0.0645. The van der Waals surface area contributed by atoms with Crippen molar-refractivity contribution in [2.24, 2.45) is 0 Å². The third-order valence-electron chi connectivity index (χ3n) is 7.09. The molecule has 5 nitrogen and oxygen atoms in total. The summed E-state index contributed by atoms with van der Waals surface area (Å²) in [5.74, 6) is 0.286. The van der Waals surface area contributed by atoms with Gasteiger partial charge in [-0.15, -0.1) is 12.4 Å². The average Bonchev–Trinajstić information content (AvgIpc) is 3.32. The Hall–Kier alpha value is -1.59. The summed E-state index contributed by atoms with van der Waals surface area (Å²) in [5, 5.41) is 0. The molecule has 0 radical (unpaired) electrons. The summed E-state index contributed by atoms with van der Waals surface area (Å²) < 4.78 is 0. The maximum Gasteiger partial charge on any atom is 0.254 e. The van der Waals surface area contributed by atoms with E-state index in [2.05, 4.69) is 9.80 Å². The maximum atomic E-state index is 13.1. The summed E-state index contributed by atoms with van der Waals surface area (Å²) in [6.07, 6.45) is 8.19. The Morgan fingerprint density at radius 3 is 2.43 bits per heavy atom. The molecule has 0 N–H and O–H groups in total. The van der Waals surface area contributed by atoms with Crippen LogP contribution in [0.15, 0.2) is 18.2 Å². The second-order valence-electron chi connectivity index (χ2n) is 8.64. The van der Waals surface area contributed by atoms with Crippen molar-refractivity contribution in [1.82, 2.24) is 14.7 Å². The first-order valence-electron chi connectivity index (χ1n) is 10.7. The van der Waals surface area contributed by atoms with Crippen LogP contribution in [0, 0.1) is 0 Å². The number of halogens is 1. The molecule has 5 rings (SSSR count). The molecule has 152 valence electrons. The average molecular weight is 404 g/mol. The minimum Gasteiger partial charge on any atom is -0.339 e. The topological polar surface area (TPSA) is 43.9 Å². The predicted molar refractivity (Wildman–Crippen MR) is 111 cm³/mol. The zero-order chi connectivity index (χ0) is 18.4. The second kappa shape index (κ2) is 8.03. The molecule has 3 heterocycles. The molecule has 1 atom stereocenters. The zero-order valence-corrected chi connectivity index (χ0v) is 17.3. The van der Waals surface area contributed by atoms with Gasteiger partial charge >= 0.3 is 0 Å². The summed E-state index contributed by atoms with van der Waals surface area (Å²) in [6.45, 7) is 4.69. The SMILES string of the molecule is Cl.O=C(c1ccc2c(c1)CCN([C@@H]1CCN(C3CCC3)C1)C2=O)N1CCCC1. The van der Waals surface area contributed by atoms with Gasteiger partial charge in [0, 0.05) is 55.9 Å². The minimum atomic E-state index is 0. The van der Waals surface area contributed by atoms with Crippen LogP contribution in [0.4, 0.5) is 0 Å². The fraction of sp³-hybridized carbons (Fsp3) is 0.636. The van der Waals surface area contributed by atoms with Crippen LogP contribution < -0.4 is 0 Å². The van der Waals surface area contributed by atoms with Gasteiger partial charge in [-0.3, -0.25) is 14.5 Å². The van der Waals surface area contributed by atoms with E-state index in [0.717, 1.165) is 81.1 Å². The third kappa shape index (κ3) is 3.43. The zero-order valence-electron chi connectivity index (χ0n) is 16.4. The predicted octanol–water partition coefficient (Wildman–Crippen LogP) is 2.97. The van der Waals surface area contributed by atoms with E-state index in [1.54, 1.807) is 0 Å². The molecule has 0 spiro atoms. The highest BCUT2D eigenvalue weighted by Gasteiger charge is 2.37. The van der Waals surface area contributed by atoms with Crippen molar-refractivity contribution in [3.63, 3.8) is 0 Å². The Labute approximate surface area is 173 Å².